The number of aryl methyl sites for hydroxylation is 1. The minimum atomic E-state index is -0.00504. The van der Waals surface area contributed by atoms with Crippen LogP contribution >= 0.6 is 11.6 Å². The molecule has 0 bridgehead atoms. The van der Waals surface area contributed by atoms with E-state index in [0.29, 0.717) is 36.9 Å². The number of rotatable bonds is 3. The highest BCUT2D eigenvalue weighted by Crippen LogP contribution is 2.32. The second-order valence-electron chi connectivity index (χ2n) is 6.63. The second kappa shape index (κ2) is 7.21. The van der Waals surface area contributed by atoms with Gasteiger partial charge in [0.25, 0.3) is 5.91 Å². The van der Waals surface area contributed by atoms with E-state index < -0.39 is 0 Å². The predicted octanol–water partition coefficient (Wildman–Crippen LogP) is 3.47. The molecule has 7 heteroatoms. The molecule has 27 heavy (non-hydrogen) atoms. The van der Waals surface area contributed by atoms with Crippen LogP contribution in [-0.4, -0.2) is 53.7 Å². The number of fused-ring (bicyclic) bond motifs is 1. The number of carbonyl (C=O) groups excluding carboxylic acids is 1. The lowest BCUT2D eigenvalue weighted by Crippen LogP contribution is -2.40. The number of halogens is 1. The van der Waals surface area contributed by atoms with Crippen LogP contribution in [0.3, 0.4) is 0 Å². The molecular weight excluding hydrogens is 364 g/mol. The molecule has 1 aliphatic heterocycles. The molecule has 0 atom stereocenters. The number of nitrogens with zero attached hydrogens (tertiary/aromatic N) is 4. The van der Waals surface area contributed by atoms with Gasteiger partial charge in [0.1, 0.15) is 5.82 Å². The molecule has 0 N–H and O–H groups in total. The summed E-state index contributed by atoms with van der Waals surface area (Å²) >= 11 is 6.14. The van der Waals surface area contributed by atoms with Crippen molar-refractivity contribution >= 4 is 39.9 Å². The fourth-order valence-corrected chi connectivity index (χ4v) is 3.65. The van der Waals surface area contributed by atoms with E-state index in [9.17, 15) is 4.79 Å². The van der Waals surface area contributed by atoms with Gasteiger partial charge in [-0.1, -0.05) is 17.7 Å². The van der Waals surface area contributed by atoms with Crippen LogP contribution in [0.25, 0.3) is 10.9 Å². The summed E-state index contributed by atoms with van der Waals surface area (Å²) in [7, 11) is 3.89. The van der Waals surface area contributed by atoms with E-state index >= 15 is 0 Å². The van der Waals surface area contributed by atoms with E-state index in [1.165, 1.54) is 0 Å². The number of hydrogen-bond donors (Lipinski definition) is 0. The molecule has 0 spiro atoms. The van der Waals surface area contributed by atoms with Crippen LogP contribution in [0.5, 0.6) is 0 Å². The van der Waals surface area contributed by atoms with E-state index in [0.717, 1.165) is 22.4 Å². The number of amides is 1. The lowest BCUT2D eigenvalue weighted by atomic mass is 10.1. The van der Waals surface area contributed by atoms with Crippen molar-refractivity contribution < 1.29 is 9.53 Å². The summed E-state index contributed by atoms with van der Waals surface area (Å²) in [6.45, 7) is 2.36. The van der Waals surface area contributed by atoms with Gasteiger partial charge in [0.2, 0.25) is 0 Å². The Labute approximate surface area is 162 Å². The van der Waals surface area contributed by atoms with Crippen LogP contribution in [0.15, 0.2) is 42.7 Å². The van der Waals surface area contributed by atoms with E-state index in [2.05, 4.69) is 4.98 Å². The summed E-state index contributed by atoms with van der Waals surface area (Å²) in [4.78, 5) is 21.5. The zero-order valence-electron chi connectivity index (χ0n) is 15.4. The van der Waals surface area contributed by atoms with Crippen LogP contribution in [0.2, 0.25) is 5.02 Å². The first kappa shape index (κ1) is 17.8. The molecule has 0 unspecified atom stereocenters. The van der Waals surface area contributed by atoms with Crippen molar-refractivity contribution in [3.63, 3.8) is 0 Å². The van der Waals surface area contributed by atoms with E-state index in [1.807, 2.05) is 65.0 Å². The minimum absolute atomic E-state index is 0.00504. The Morgan fingerprint density at radius 1 is 1.26 bits per heavy atom. The predicted molar refractivity (Wildman–Crippen MR) is 107 cm³/mol. The Bertz CT molecular complexity index is 995. The Morgan fingerprint density at radius 3 is 2.78 bits per heavy atom. The van der Waals surface area contributed by atoms with Gasteiger partial charge in [0.15, 0.2) is 0 Å². The molecule has 3 heterocycles. The zero-order valence-corrected chi connectivity index (χ0v) is 16.1. The molecule has 1 aromatic carbocycles. The highest BCUT2D eigenvalue weighted by Gasteiger charge is 2.24. The maximum Gasteiger partial charge on any atom is 0.257 e. The van der Waals surface area contributed by atoms with Gasteiger partial charge in [-0.05, 0) is 24.3 Å². The molecule has 6 nitrogen and oxygen atoms in total. The first-order valence-electron chi connectivity index (χ1n) is 8.86. The molecule has 4 rings (SSSR count). The molecule has 0 saturated carbocycles. The third-order valence-corrected chi connectivity index (χ3v) is 5.16. The van der Waals surface area contributed by atoms with Crippen molar-refractivity contribution in [2.45, 2.75) is 0 Å². The second-order valence-corrected chi connectivity index (χ2v) is 7.06. The first-order chi connectivity index (χ1) is 13.1. The normalized spacial score (nSPS) is 14.6. The van der Waals surface area contributed by atoms with Gasteiger partial charge < -0.3 is 19.1 Å². The molecule has 3 aromatic rings. The van der Waals surface area contributed by atoms with E-state index in [-0.39, 0.29) is 5.91 Å². The van der Waals surface area contributed by atoms with Gasteiger partial charge in [-0.2, -0.15) is 0 Å². The van der Waals surface area contributed by atoms with Crippen LogP contribution in [0, 0.1) is 0 Å². The average Bonchev–Trinajstić information content (AvgIpc) is 3.09. The SMILES string of the molecule is CN(c1cccc(Cl)c1)c1ncc(C(=O)N2CCOCC2)c2c1ccn2C. The molecule has 1 saturated heterocycles. The third kappa shape index (κ3) is 3.26. The largest absolute Gasteiger partial charge is 0.378 e. The maximum absolute atomic E-state index is 13.0. The molecular formula is C20H21ClN4O2. The Balaban J connectivity index is 1.78. The van der Waals surface area contributed by atoms with Crippen LogP contribution in [0.1, 0.15) is 10.4 Å². The van der Waals surface area contributed by atoms with Crippen molar-refractivity contribution in [1.82, 2.24) is 14.5 Å². The van der Waals surface area contributed by atoms with Gasteiger partial charge in [0.05, 0.1) is 24.3 Å². The summed E-state index contributed by atoms with van der Waals surface area (Å²) in [5.74, 6) is 0.779. The lowest BCUT2D eigenvalue weighted by Gasteiger charge is -2.27. The first-order valence-corrected chi connectivity index (χ1v) is 9.24. The van der Waals surface area contributed by atoms with Crippen LogP contribution in [-0.2, 0) is 11.8 Å². The highest BCUT2D eigenvalue weighted by molar-refractivity contribution is 6.30. The highest BCUT2D eigenvalue weighted by atomic mass is 35.5. The number of aromatic nitrogens is 2. The van der Waals surface area contributed by atoms with Gasteiger partial charge in [-0.25, -0.2) is 4.98 Å². The van der Waals surface area contributed by atoms with Crippen molar-refractivity contribution in [1.29, 1.82) is 0 Å². The monoisotopic (exact) mass is 384 g/mol. The average molecular weight is 385 g/mol. The standard InChI is InChI=1S/C20H21ClN4O2/c1-23-7-6-16-18(23)17(20(26)25-8-10-27-11-9-25)13-22-19(16)24(2)15-5-3-4-14(21)12-15/h3-7,12-13H,8-11H2,1-2H3. The molecule has 1 fully saturated rings. The van der Waals surface area contributed by atoms with Crippen molar-refractivity contribution in [2.24, 2.45) is 7.05 Å². The summed E-state index contributed by atoms with van der Waals surface area (Å²) in [6.07, 6.45) is 3.63. The molecule has 2 aromatic heterocycles. The van der Waals surface area contributed by atoms with E-state index in [4.69, 9.17) is 16.3 Å². The number of hydrogen-bond acceptors (Lipinski definition) is 4. The zero-order chi connectivity index (χ0) is 19.0. The number of morpholine rings is 1. The number of anilines is 2. The van der Waals surface area contributed by atoms with Crippen LogP contribution in [0.4, 0.5) is 11.5 Å². The number of pyridine rings is 1. The van der Waals surface area contributed by atoms with Crippen molar-refractivity contribution in [3.05, 3.63) is 53.3 Å². The Kier molecular flexibility index (Phi) is 4.76. The summed E-state index contributed by atoms with van der Waals surface area (Å²) in [5.41, 5.74) is 2.43. The van der Waals surface area contributed by atoms with Gasteiger partial charge in [0, 0.05) is 55.7 Å². The quantitative estimate of drug-likeness (QED) is 0.693. The fourth-order valence-electron chi connectivity index (χ4n) is 3.47. The molecule has 1 amide bonds. The van der Waals surface area contributed by atoms with Crippen molar-refractivity contribution in [3.8, 4) is 0 Å². The van der Waals surface area contributed by atoms with Gasteiger partial charge in [-0.3, -0.25) is 4.79 Å². The summed E-state index contributed by atoms with van der Waals surface area (Å²) in [5, 5.41) is 1.60. The van der Waals surface area contributed by atoms with Crippen LogP contribution < -0.4 is 4.90 Å². The summed E-state index contributed by atoms with van der Waals surface area (Å²) in [6, 6.07) is 9.62. The topological polar surface area (TPSA) is 50.6 Å². The Morgan fingerprint density at radius 2 is 2.04 bits per heavy atom. The van der Waals surface area contributed by atoms with E-state index in [1.54, 1.807) is 6.20 Å². The molecule has 140 valence electrons. The maximum atomic E-state index is 13.0. The molecule has 0 radical (unpaired) electrons. The Hall–Kier alpha value is -2.57. The lowest BCUT2D eigenvalue weighted by molar-refractivity contribution is 0.0303. The number of benzene rings is 1. The van der Waals surface area contributed by atoms with Gasteiger partial charge in [-0.15, -0.1) is 0 Å². The number of ether oxygens (including phenoxy) is 1. The third-order valence-electron chi connectivity index (χ3n) is 4.93. The molecule has 1 aliphatic rings. The smallest absolute Gasteiger partial charge is 0.257 e. The van der Waals surface area contributed by atoms with Gasteiger partial charge >= 0.3 is 0 Å². The van der Waals surface area contributed by atoms with Crippen molar-refractivity contribution in [2.75, 3.05) is 38.3 Å². The fraction of sp³-hybridized carbons (Fsp3) is 0.300. The number of carbonyl (C=O) groups is 1. The minimum Gasteiger partial charge on any atom is -0.378 e. The summed E-state index contributed by atoms with van der Waals surface area (Å²) < 4.78 is 7.33. The molecule has 0 aliphatic carbocycles.